The van der Waals surface area contributed by atoms with Gasteiger partial charge in [0.05, 0.1) is 31.0 Å². The Morgan fingerprint density at radius 1 is 1.15 bits per heavy atom. The smallest absolute Gasteiger partial charge is 0.338 e. The van der Waals surface area contributed by atoms with E-state index in [1.54, 1.807) is 36.4 Å². The van der Waals surface area contributed by atoms with Crippen LogP contribution in [0.15, 0.2) is 64.0 Å². The lowest BCUT2D eigenvalue weighted by Crippen LogP contribution is -2.46. The van der Waals surface area contributed by atoms with Gasteiger partial charge in [-0.25, -0.2) is 10.2 Å². The summed E-state index contributed by atoms with van der Waals surface area (Å²) < 4.78 is 12.4. The summed E-state index contributed by atoms with van der Waals surface area (Å²) >= 11 is 21.7. The van der Waals surface area contributed by atoms with Crippen molar-refractivity contribution in [2.24, 2.45) is 0 Å². The number of amides is 3. The number of nitro groups is 1. The van der Waals surface area contributed by atoms with Gasteiger partial charge in [0.1, 0.15) is 6.61 Å². The number of carbonyl (C=O) groups is 2. The van der Waals surface area contributed by atoms with Gasteiger partial charge >= 0.3 is 6.03 Å². The summed E-state index contributed by atoms with van der Waals surface area (Å²) in [6.07, 6.45) is 1.62. The molecule has 4 rings (SSSR count). The molecule has 2 N–H and O–H groups in total. The van der Waals surface area contributed by atoms with Crippen LogP contribution in [0.5, 0.6) is 11.5 Å². The van der Waals surface area contributed by atoms with Crippen molar-refractivity contribution in [2.45, 2.75) is 13.5 Å². The summed E-state index contributed by atoms with van der Waals surface area (Å²) in [5, 5.41) is 15.0. The molecule has 0 radical (unpaired) electrons. The molecule has 1 fully saturated rings. The minimum atomic E-state index is -0.697. The number of hydrazine groups is 1. The topological polar surface area (TPSA) is 123 Å². The third kappa shape index (κ3) is 7.68. The number of anilines is 1. The highest BCUT2D eigenvalue weighted by Crippen LogP contribution is 2.39. The van der Waals surface area contributed by atoms with Gasteiger partial charge < -0.3 is 14.8 Å². The van der Waals surface area contributed by atoms with Crippen LogP contribution < -0.4 is 20.2 Å². The number of rotatable bonds is 9. The van der Waals surface area contributed by atoms with E-state index in [0.717, 1.165) is 22.3 Å². The summed E-state index contributed by atoms with van der Waals surface area (Å²) in [6, 6.07) is 13.3. The Bertz CT molecular complexity index is 1570. The van der Waals surface area contributed by atoms with Crippen LogP contribution in [-0.2, 0) is 11.4 Å². The molecule has 3 aromatic rings. The lowest BCUT2D eigenvalue weighted by molar-refractivity contribution is -0.384. The number of ether oxygens (including phenoxy) is 2. The fourth-order valence-corrected chi connectivity index (χ4v) is 5.55. The number of nitro benzene ring substituents is 1. The molecule has 3 amide bonds. The molecule has 15 heteroatoms. The van der Waals surface area contributed by atoms with Crippen LogP contribution in [0.4, 0.5) is 16.2 Å². The zero-order valence-corrected chi connectivity index (χ0v) is 25.7. The van der Waals surface area contributed by atoms with Crippen molar-refractivity contribution in [2.75, 3.05) is 11.9 Å². The van der Waals surface area contributed by atoms with Crippen LogP contribution >= 0.6 is 63.1 Å². The summed E-state index contributed by atoms with van der Waals surface area (Å²) in [4.78, 5) is 36.2. The SMILES string of the molecule is CCOc1cc(/C=C2/SC(=S)N(NC(=O)Nc3ccc(Cl)c(Cl)c3)C2=O)cc(Br)c1OCc1ccc([N+](=O)[O-])cc1. The molecule has 0 saturated carbocycles. The van der Waals surface area contributed by atoms with Gasteiger partial charge in [0.2, 0.25) is 0 Å². The highest BCUT2D eigenvalue weighted by atomic mass is 79.9. The molecule has 0 spiro atoms. The van der Waals surface area contributed by atoms with E-state index in [4.69, 9.17) is 44.9 Å². The first-order valence-electron chi connectivity index (χ1n) is 11.7. The van der Waals surface area contributed by atoms with Crippen LogP contribution in [-0.4, -0.2) is 32.8 Å². The van der Waals surface area contributed by atoms with Crippen molar-refractivity contribution < 1.29 is 24.0 Å². The van der Waals surface area contributed by atoms with Crippen LogP contribution in [0, 0.1) is 10.1 Å². The minimum absolute atomic E-state index is 0.0120. The van der Waals surface area contributed by atoms with Crippen LogP contribution in [0.2, 0.25) is 10.0 Å². The fraction of sp³-hybridized carbons (Fsp3) is 0.115. The molecule has 41 heavy (non-hydrogen) atoms. The molecular weight excluding hydrogens is 679 g/mol. The summed E-state index contributed by atoms with van der Waals surface area (Å²) in [5.74, 6) is 0.331. The van der Waals surface area contributed by atoms with Crippen molar-refractivity contribution in [3.8, 4) is 11.5 Å². The van der Waals surface area contributed by atoms with E-state index in [-0.39, 0.29) is 26.5 Å². The number of thiocarbonyl (C=S) groups is 1. The molecule has 1 aliphatic rings. The standard InChI is InChI=1S/C26H19BrCl2N4O6S2/c1-2-38-21-10-15(9-18(27)23(21)39-13-14-3-6-17(7-4-14)33(36)37)11-22-24(34)32(26(40)41-22)31-25(35)30-16-5-8-19(28)20(29)12-16/h3-12H,2,13H2,1H3,(H2,30,31,35)/b22-11+. The van der Waals surface area contributed by atoms with Crippen molar-refractivity contribution in [1.29, 1.82) is 0 Å². The number of nitrogens with one attached hydrogen (secondary N) is 2. The molecule has 1 aliphatic heterocycles. The average Bonchev–Trinajstić information content (AvgIpc) is 3.17. The van der Waals surface area contributed by atoms with Crippen LogP contribution in [0.1, 0.15) is 18.1 Å². The highest BCUT2D eigenvalue weighted by molar-refractivity contribution is 9.10. The molecule has 3 aromatic carbocycles. The average molecular weight is 698 g/mol. The molecule has 0 atom stereocenters. The number of benzene rings is 3. The maximum atomic E-state index is 13.1. The number of thioether (sulfide) groups is 1. The van der Waals surface area contributed by atoms with Gasteiger partial charge in [0, 0.05) is 17.8 Å². The fourth-order valence-electron chi connectivity index (χ4n) is 3.49. The first kappa shape index (κ1) is 30.6. The zero-order valence-electron chi connectivity index (χ0n) is 21.0. The van der Waals surface area contributed by atoms with Crippen LogP contribution in [0.25, 0.3) is 6.08 Å². The zero-order chi connectivity index (χ0) is 29.7. The first-order chi connectivity index (χ1) is 19.5. The molecule has 0 aromatic heterocycles. The van der Waals surface area contributed by atoms with E-state index < -0.39 is 16.9 Å². The largest absolute Gasteiger partial charge is 0.490 e. The number of hydrogen-bond acceptors (Lipinski definition) is 8. The Morgan fingerprint density at radius 2 is 1.88 bits per heavy atom. The van der Waals surface area contributed by atoms with Gasteiger partial charge in [-0.05, 0) is 94.7 Å². The van der Waals surface area contributed by atoms with E-state index in [1.165, 1.54) is 24.3 Å². The second-order valence-corrected chi connectivity index (χ2v) is 11.5. The Labute approximate surface area is 262 Å². The first-order valence-corrected chi connectivity index (χ1v) is 14.5. The van der Waals surface area contributed by atoms with Gasteiger partial charge in [-0.3, -0.25) is 14.9 Å². The number of nitrogens with zero attached hydrogens (tertiary/aromatic N) is 2. The molecule has 0 bridgehead atoms. The normalized spacial score (nSPS) is 13.9. The molecule has 1 heterocycles. The van der Waals surface area contributed by atoms with Crippen molar-refractivity contribution in [1.82, 2.24) is 10.4 Å². The molecule has 1 saturated heterocycles. The monoisotopic (exact) mass is 696 g/mol. The van der Waals surface area contributed by atoms with Crippen molar-refractivity contribution in [3.63, 3.8) is 0 Å². The van der Waals surface area contributed by atoms with E-state index in [9.17, 15) is 19.7 Å². The Kier molecular flexibility index (Phi) is 10.1. The Hall–Kier alpha value is -3.36. The third-order valence-corrected chi connectivity index (χ3v) is 7.97. The number of urea groups is 1. The maximum absolute atomic E-state index is 13.1. The summed E-state index contributed by atoms with van der Waals surface area (Å²) in [7, 11) is 0. The van der Waals surface area contributed by atoms with E-state index in [1.807, 2.05) is 6.92 Å². The Balaban J connectivity index is 1.47. The van der Waals surface area contributed by atoms with Gasteiger partial charge in [-0.1, -0.05) is 35.0 Å². The predicted octanol–water partition coefficient (Wildman–Crippen LogP) is 7.58. The molecular formula is C26H19BrCl2N4O6S2. The molecule has 212 valence electrons. The van der Waals surface area contributed by atoms with Gasteiger partial charge in [-0.15, -0.1) is 0 Å². The lowest BCUT2D eigenvalue weighted by Gasteiger charge is -2.16. The van der Waals surface area contributed by atoms with E-state index >= 15 is 0 Å². The van der Waals surface area contributed by atoms with E-state index in [2.05, 4.69) is 26.7 Å². The maximum Gasteiger partial charge on any atom is 0.338 e. The number of non-ortho nitro benzene ring substituents is 1. The molecule has 0 unspecified atom stereocenters. The third-order valence-electron chi connectivity index (χ3n) is 5.34. The van der Waals surface area contributed by atoms with Crippen molar-refractivity contribution in [3.05, 3.63) is 95.3 Å². The predicted molar refractivity (Wildman–Crippen MR) is 166 cm³/mol. The molecule has 0 aliphatic carbocycles. The number of hydrogen-bond donors (Lipinski definition) is 2. The Morgan fingerprint density at radius 3 is 2.54 bits per heavy atom. The summed E-state index contributed by atoms with van der Waals surface area (Å²) in [6.45, 7) is 2.31. The van der Waals surface area contributed by atoms with Gasteiger partial charge in [0.15, 0.2) is 15.8 Å². The lowest BCUT2D eigenvalue weighted by atomic mass is 10.1. The second-order valence-electron chi connectivity index (χ2n) is 8.19. The van der Waals surface area contributed by atoms with E-state index in [0.29, 0.717) is 38.9 Å². The van der Waals surface area contributed by atoms with Gasteiger partial charge in [0.25, 0.3) is 11.6 Å². The quantitative estimate of drug-likeness (QED) is 0.102. The van der Waals surface area contributed by atoms with Gasteiger partial charge in [-0.2, -0.15) is 5.01 Å². The minimum Gasteiger partial charge on any atom is -0.490 e. The second kappa shape index (κ2) is 13.5. The molecule has 10 nitrogen and oxygen atoms in total. The van der Waals surface area contributed by atoms with Crippen molar-refractivity contribution >= 4 is 96.8 Å². The van der Waals surface area contributed by atoms with Crippen LogP contribution in [0.3, 0.4) is 0 Å². The number of carbonyl (C=O) groups excluding carboxylic acids is 2. The summed E-state index contributed by atoms with van der Waals surface area (Å²) in [5.41, 5.74) is 4.14. The highest BCUT2D eigenvalue weighted by Gasteiger charge is 2.34. The number of halogens is 3.